The Balaban J connectivity index is 3.30. The summed E-state index contributed by atoms with van der Waals surface area (Å²) in [6.45, 7) is 9.02. The van der Waals surface area contributed by atoms with Crippen molar-refractivity contribution in [3.8, 4) is 0 Å². The van der Waals surface area contributed by atoms with Crippen LogP contribution in [0.15, 0.2) is 6.08 Å². The lowest BCUT2D eigenvalue weighted by atomic mass is 10.1. The Hall–Kier alpha value is -0.300. The molecule has 0 amide bonds. The van der Waals surface area contributed by atoms with Crippen LogP contribution in [-0.4, -0.2) is 11.2 Å². The first-order valence-electron chi connectivity index (χ1n) is 2.90. The zero-order valence-corrected chi connectivity index (χ0v) is 5.46. The molecule has 1 atom stereocenters. The van der Waals surface area contributed by atoms with E-state index in [-0.39, 0.29) is 6.10 Å². The van der Waals surface area contributed by atoms with Crippen molar-refractivity contribution in [2.45, 2.75) is 26.4 Å². The lowest BCUT2D eigenvalue weighted by Crippen LogP contribution is -2.12. The van der Waals surface area contributed by atoms with Crippen molar-refractivity contribution < 1.29 is 5.11 Å². The van der Waals surface area contributed by atoms with Gasteiger partial charge in [-0.25, -0.2) is 0 Å². The summed E-state index contributed by atoms with van der Waals surface area (Å²) in [5.74, 6) is 0.315. The van der Waals surface area contributed by atoms with Crippen LogP contribution in [0.2, 0.25) is 0 Å². The van der Waals surface area contributed by atoms with Gasteiger partial charge in [0.05, 0.1) is 6.10 Å². The zero-order chi connectivity index (χ0) is 6.57. The van der Waals surface area contributed by atoms with Gasteiger partial charge in [0, 0.05) is 0 Å². The summed E-state index contributed by atoms with van der Waals surface area (Å²) in [5.41, 5.74) is 0. The molecule has 0 saturated carbocycles. The molecule has 0 saturated heterocycles. The summed E-state index contributed by atoms with van der Waals surface area (Å²) in [5, 5.41) is 9.02. The molecule has 1 N–H and O–H groups in total. The third-order valence-corrected chi connectivity index (χ3v) is 1.15. The second-order valence-electron chi connectivity index (χ2n) is 2.28. The molecule has 0 aromatic rings. The fraction of sp³-hybridized carbons (Fsp3) is 0.714. The minimum Gasteiger partial charge on any atom is -0.393 e. The largest absolute Gasteiger partial charge is 0.393 e. The summed E-state index contributed by atoms with van der Waals surface area (Å²) in [6, 6.07) is 0. The molecule has 1 heteroatoms. The van der Waals surface area contributed by atoms with E-state index in [1.807, 2.05) is 13.8 Å². The summed E-state index contributed by atoms with van der Waals surface area (Å²) >= 11 is 0. The van der Waals surface area contributed by atoms with Crippen molar-refractivity contribution in [2.75, 3.05) is 0 Å². The van der Waals surface area contributed by atoms with E-state index in [0.29, 0.717) is 12.3 Å². The number of aliphatic hydroxyl groups excluding tert-OH is 1. The molecule has 0 bridgehead atoms. The van der Waals surface area contributed by atoms with Gasteiger partial charge in [-0.1, -0.05) is 26.5 Å². The van der Waals surface area contributed by atoms with Gasteiger partial charge in [-0.3, -0.25) is 0 Å². The Morgan fingerprint density at radius 1 is 1.62 bits per heavy atom. The van der Waals surface area contributed by atoms with Crippen LogP contribution in [0.1, 0.15) is 20.3 Å². The van der Waals surface area contributed by atoms with Gasteiger partial charge in [0.1, 0.15) is 0 Å². The van der Waals surface area contributed by atoms with Crippen LogP contribution >= 0.6 is 0 Å². The first-order valence-corrected chi connectivity index (χ1v) is 2.90. The quantitative estimate of drug-likeness (QED) is 0.586. The van der Waals surface area contributed by atoms with Crippen molar-refractivity contribution in [3.05, 3.63) is 12.7 Å². The third kappa shape index (κ3) is 2.80. The number of hydrogen-bond donors (Lipinski definition) is 1. The summed E-state index contributed by atoms with van der Waals surface area (Å²) in [7, 11) is 0. The Labute approximate surface area is 51.0 Å². The highest BCUT2D eigenvalue weighted by atomic mass is 16.3. The normalized spacial score (nSPS) is 14.0. The van der Waals surface area contributed by atoms with Crippen LogP contribution in [0.5, 0.6) is 0 Å². The number of rotatable bonds is 3. The Morgan fingerprint density at radius 2 is 2.12 bits per heavy atom. The van der Waals surface area contributed by atoms with Gasteiger partial charge in [-0.2, -0.15) is 0 Å². The van der Waals surface area contributed by atoms with E-state index >= 15 is 0 Å². The number of hydrogen-bond acceptors (Lipinski definition) is 1. The maximum Gasteiger partial charge on any atom is 0.0597 e. The van der Waals surface area contributed by atoms with Crippen molar-refractivity contribution in [3.63, 3.8) is 0 Å². The summed E-state index contributed by atoms with van der Waals surface area (Å²) < 4.78 is 0. The molecule has 0 aliphatic heterocycles. The molecule has 8 heavy (non-hydrogen) atoms. The van der Waals surface area contributed by atoms with Gasteiger partial charge in [0.2, 0.25) is 0 Å². The van der Waals surface area contributed by atoms with Crippen molar-refractivity contribution >= 4 is 0 Å². The van der Waals surface area contributed by atoms with Gasteiger partial charge in [0.15, 0.2) is 0 Å². The fourth-order valence-corrected chi connectivity index (χ4v) is 0.412. The molecule has 0 heterocycles. The monoisotopic (exact) mass is 113 g/mol. The second kappa shape index (κ2) is 3.67. The van der Waals surface area contributed by atoms with Crippen LogP contribution in [0.25, 0.3) is 0 Å². The fourth-order valence-electron chi connectivity index (χ4n) is 0.412. The molecule has 0 aromatic carbocycles. The van der Waals surface area contributed by atoms with Crippen LogP contribution in [0.4, 0.5) is 0 Å². The van der Waals surface area contributed by atoms with Gasteiger partial charge >= 0.3 is 0 Å². The molecular formula is C7H13O. The average Bonchev–Trinajstić information content (AvgIpc) is 1.67. The molecule has 0 aliphatic rings. The molecule has 0 fully saturated rings. The molecule has 1 radical (unpaired) electrons. The van der Waals surface area contributed by atoms with Gasteiger partial charge in [0.25, 0.3) is 0 Å². The summed E-state index contributed by atoms with van der Waals surface area (Å²) in [4.78, 5) is 0. The Morgan fingerprint density at radius 3 is 2.25 bits per heavy atom. The highest BCUT2D eigenvalue weighted by molar-refractivity contribution is 4.71. The van der Waals surface area contributed by atoms with Crippen LogP contribution in [-0.2, 0) is 0 Å². The van der Waals surface area contributed by atoms with Crippen molar-refractivity contribution in [1.82, 2.24) is 0 Å². The molecule has 1 unspecified atom stereocenters. The van der Waals surface area contributed by atoms with Crippen LogP contribution in [0, 0.1) is 12.5 Å². The van der Waals surface area contributed by atoms with Crippen LogP contribution in [0.3, 0.4) is 0 Å². The Kier molecular flexibility index (Phi) is 3.53. The third-order valence-electron chi connectivity index (χ3n) is 1.15. The Bertz CT molecular complexity index is 66.8. The van der Waals surface area contributed by atoms with Gasteiger partial charge in [-0.15, -0.1) is 0 Å². The molecular weight excluding hydrogens is 100 g/mol. The van der Waals surface area contributed by atoms with E-state index in [1.165, 1.54) is 6.08 Å². The minimum absolute atomic E-state index is 0.264. The summed E-state index contributed by atoms with van der Waals surface area (Å²) in [6.07, 6.45) is 1.82. The molecule has 0 aliphatic carbocycles. The van der Waals surface area contributed by atoms with Crippen molar-refractivity contribution in [1.29, 1.82) is 0 Å². The zero-order valence-electron chi connectivity index (χ0n) is 5.46. The lowest BCUT2D eigenvalue weighted by molar-refractivity contribution is 0.128. The van der Waals surface area contributed by atoms with E-state index in [4.69, 9.17) is 11.7 Å². The molecule has 1 nitrogen and oxygen atoms in total. The first-order chi connectivity index (χ1) is 3.68. The van der Waals surface area contributed by atoms with Crippen LogP contribution < -0.4 is 0 Å². The predicted molar refractivity (Wildman–Crippen MR) is 34.3 cm³/mol. The first kappa shape index (κ1) is 7.70. The SMILES string of the molecule is [CH]=CCC(O)C(C)C. The van der Waals surface area contributed by atoms with E-state index in [1.54, 1.807) is 0 Å². The van der Waals surface area contributed by atoms with E-state index in [0.717, 1.165) is 0 Å². The maximum absolute atomic E-state index is 9.02. The lowest BCUT2D eigenvalue weighted by Gasteiger charge is -2.10. The highest BCUT2D eigenvalue weighted by Crippen LogP contribution is 2.04. The maximum atomic E-state index is 9.02. The topological polar surface area (TPSA) is 20.2 Å². The smallest absolute Gasteiger partial charge is 0.0597 e. The highest BCUT2D eigenvalue weighted by Gasteiger charge is 2.04. The molecule has 0 rings (SSSR count). The average molecular weight is 113 g/mol. The van der Waals surface area contributed by atoms with Gasteiger partial charge in [-0.05, 0) is 12.3 Å². The molecule has 0 spiro atoms. The van der Waals surface area contributed by atoms with E-state index in [9.17, 15) is 0 Å². The standard InChI is InChI=1S/C7H13O/c1-4-5-7(8)6(2)3/h1,4,6-8H,5H2,2-3H3. The van der Waals surface area contributed by atoms with Crippen molar-refractivity contribution in [2.24, 2.45) is 5.92 Å². The predicted octanol–water partition coefficient (Wildman–Crippen LogP) is 1.38. The molecule has 47 valence electrons. The minimum atomic E-state index is -0.264. The van der Waals surface area contributed by atoms with Gasteiger partial charge < -0.3 is 5.11 Å². The number of aliphatic hydroxyl groups is 1. The molecule has 0 aromatic heterocycles. The second-order valence-corrected chi connectivity index (χ2v) is 2.28. The van der Waals surface area contributed by atoms with E-state index < -0.39 is 0 Å². The van der Waals surface area contributed by atoms with E-state index in [2.05, 4.69) is 0 Å².